The van der Waals surface area contributed by atoms with E-state index in [2.05, 4.69) is 25.3 Å². The van der Waals surface area contributed by atoms with Crippen LogP contribution < -0.4 is 10.2 Å². The van der Waals surface area contributed by atoms with Gasteiger partial charge in [-0.1, -0.05) is 12.1 Å². The van der Waals surface area contributed by atoms with Gasteiger partial charge in [-0.15, -0.1) is 5.10 Å². The molecule has 47 heavy (non-hydrogen) atoms. The van der Waals surface area contributed by atoms with Crippen LogP contribution in [0.5, 0.6) is 0 Å². The number of alkyl halides is 3. The molecule has 0 spiro atoms. The van der Waals surface area contributed by atoms with Crippen LogP contribution >= 0.6 is 0 Å². The van der Waals surface area contributed by atoms with Crippen molar-refractivity contribution in [1.82, 2.24) is 38.5 Å². The Balaban J connectivity index is 1.02. The zero-order valence-corrected chi connectivity index (χ0v) is 26.5. The number of fused-ring (bicyclic) bond motifs is 3. The molecule has 3 fully saturated rings. The molecule has 13 nitrogen and oxygen atoms in total. The summed E-state index contributed by atoms with van der Waals surface area (Å²) in [4.78, 5) is 23.6. The smallest absolute Gasteiger partial charge is 0.365 e. The summed E-state index contributed by atoms with van der Waals surface area (Å²) >= 11 is 0. The average molecular weight is 673 g/mol. The summed E-state index contributed by atoms with van der Waals surface area (Å²) in [5, 5.41) is 12.1. The Kier molecular flexibility index (Phi) is 8.08. The summed E-state index contributed by atoms with van der Waals surface area (Å²) in [6, 6.07) is 7.55. The van der Waals surface area contributed by atoms with Gasteiger partial charge in [0.05, 0.1) is 28.9 Å². The first-order chi connectivity index (χ1) is 22.4. The summed E-state index contributed by atoms with van der Waals surface area (Å²) in [5.74, 6) is 0.0147. The highest BCUT2D eigenvalue weighted by atomic mass is 32.2. The Hall–Kier alpha value is -4.22. The van der Waals surface area contributed by atoms with Gasteiger partial charge in [0.2, 0.25) is 21.9 Å². The van der Waals surface area contributed by atoms with Crippen molar-refractivity contribution in [3.8, 4) is 0 Å². The minimum atomic E-state index is -4.48. The number of benzene rings is 1. The number of hydrogen-bond donors (Lipinski definition) is 1. The summed E-state index contributed by atoms with van der Waals surface area (Å²) < 4.78 is 70.7. The Morgan fingerprint density at radius 1 is 1.02 bits per heavy atom. The third-order valence-electron chi connectivity index (χ3n) is 9.09. The highest BCUT2D eigenvalue weighted by molar-refractivity contribution is 7.88. The van der Waals surface area contributed by atoms with E-state index in [9.17, 15) is 26.4 Å². The lowest BCUT2D eigenvalue weighted by Gasteiger charge is -2.41. The Bertz CT molecular complexity index is 1860. The highest BCUT2D eigenvalue weighted by Gasteiger charge is 2.46. The molecule has 3 aliphatic rings. The fourth-order valence-electron chi connectivity index (χ4n) is 6.72. The second kappa shape index (κ2) is 12.1. The van der Waals surface area contributed by atoms with Gasteiger partial charge in [-0.2, -0.15) is 27.6 Å². The second-order valence-electron chi connectivity index (χ2n) is 12.4. The van der Waals surface area contributed by atoms with Crippen molar-refractivity contribution in [3.05, 3.63) is 66.1 Å². The van der Waals surface area contributed by atoms with Crippen LogP contribution in [0.2, 0.25) is 0 Å². The number of piperazine rings is 2. The summed E-state index contributed by atoms with van der Waals surface area (Å²) in [7, 11) is -1.72. The average Bonchev–Trinajstić information content (AvgIpc) is 3.72. The maximum atomic E-state index is 13.5. The number of nitrogens with zero attached hydrogens (tertiary/aromatic N) is 9. The first-order valence-electron chi connectivity index (χ1n) is 15.5. The summed E-state index contributed by atoms with van der Waals surface area (Å²) in [6.07, 6.45) is 2.05. The van der Waals surface area contributed by atoms with Crippen molar-refractivity contribution in [2.24, 2.45) is 0 Å². The number of pyridine rings is 1. The van der Waals surface area contributed by atoms with Gasteiger partial charge >= 0.3 is 6.18 Å². The van der Waals surface area contributed by atoms with E-state index in [1.54, 1.807) is 32.1 Å². The minimum Gasteiger partial charge on any atom is -0.365 e. The van der Waals surface area contributed by atoms with E-state index in [0.29, 0.717) is 61.9 Å². The van der Waals surface area contributed by atoms with Crippen LogP contribution in [-0.2, 0) is 33.3 Å². The Morgan fingerprint density at radius 3 is 2.40 bits per heavy atom. The number of likely N-dealkylation sites (N-methyl/N-ethyl adjacent to an activating group) is 1. The number of amides is 1. The molecular weight excluding hydrogens is 637 g/mol. The third-order valence-corrected chi connectivity index (χ3v) is 11.0. The molecule has 0 aliphatic carbocycles. The van der Waals surface area contributed by atoms with E-state index in [-0.39, 0.29) is 30.3 Å². The van der Waals surface area contributed by atoms with E-state index in [4.69, 9.17) is 4.98 Å². The van der Waals surface area contributed by atoms with Gasteiger partial charge in [0, 0.05) is 63.7 Å². The second-order valence-corrected chi connectivity index (χ2v) is 14.3. The van der Waals surface area contributed by atoms with Crippen molar-refractivity contribution in [2.45, 2.75) is 43.4 Å². The van der Waals surface area contributed by atoms with Gasteiger partial charge < -0.3 is 20.0 Å². The quantitative estimate of drug-likeness (QED) is 0.301. The number of hydrogen-bond acceptors (Lipinski definition) is 9. The molecule has 2 unspecified atom stereocenters. The molecule has 250 valence electrons. The van der Waals surface area contributed by atoms with Crippen molar-refractivity contribution in [1.29, 1.82) is 0 Å². The zero-order valence-electron chi connectivity index (χ0n) is 25.7. The minimum absolute atomic E-state index is 0.0182. The molecule has 2 bridgehead atoms. The third kappa shape index (κ3) is 6.51. The van der Waals surface area contributed by atoms with Crippen LogP contribution in [0.25, 0.3) is 5.65 Å². The SMILES string of the molecule is CN1CCN(C(=O)Cn2cc(Nc3nc4c(N5CC6CCC(C5)N6S(=O)(=O)Cc5ccc(C(F)(F)F)cc5)cccn4n3)cn2)CC1. The molecule has 1 amide bonds. The maximum absolute atomic E-state index is 13.5. The lowest BCUT2D eigenvalue weighted by molar-refractivity contribution is -0.137. The van der Waals surface area contributed by atoms with Crippen molar-refractivity contribution < 1.29 is 26.4 Å². The number of sulfonamides is 1. The fourth-order valence-corrected chi connectivity index (χ4v) is 8.74. The first-order valence-corrected chi connectivity index (χ1v) is 17.1. The molecule has 0 radical (unpaired) electrons. The van der Waals surface area contributed by atoms with Crippen molar-refractivity contribution in [2.75, 3.05) is 56.5 Å². The molecule has 7 rings (SSSR count). The number of carbonyl (C=O) groups is 1. The number of carbonyl (C=O) groups excluding carboxylic acids is 1. The lowest BCUT2D eigenvalue weighted by atomic mass is 10.1. The van der Waals surface area contributed by atoms with Crippen molar-refractivity contribution >= 4 is 38.9 Å². The van der Waals surface area contributed by atoms with E-state index < -0.39 is 21.8 Å². The van der Waals surface area contributed by atoms with Crippen LogP contribution in [0.1, 0.15) is 24.0 Å². The predicted molar refractivity (Wildman–Crippen MR) is 168 cm³/mol. The van der Waals surface area contributed by atoms with E-state index in [1.165, 1.54) is 12.1 Å². The molecule has 0 saturated carbocycles. The molecule has 3 aromatic heterocycles. The van der Waals surface area contributed by atoms with Gasteiger partial charge in [0.1, 0.15) is 6.54 Å². The number of anilines is 3. The van der Waals surface area contributed by atoms with Crippen LogP contribution in [0.4, 0.5) is 30.5 Å². The lowest BCUT2D eigenvalue weighted by Crippen LogP contribution is -2.56. The summed E-state index contributed by atoms with van der Waals surface area (Å²) in [6.45, 7) is 4.14. The normalized spacial score (nSPS) is 21.1. The maximum Gasteiger partial charge on any atom is 0.416 e. The van der Waals surface area contributed by atoms with Crippen LogP contribution in [0.3, 0.4) is 0 Å². The summed E-state index contributed by atoms with van der Waals surface area (Å²) in [5.41, 5.74) is 1.57. The van der Waals surface area contributed by atoms with Gasteiger partial charge in [0.15, 0.2) is 5.65 Å². The number of aromatic nitrogens is 5. The molecule has 3 aliphatic heterocycles. The van der Waals surface area contributed by atoms with E-state index in [0.717, 1.165) is 30.9 Å². The topological polar surface area (TPSA) is 124 Å². The zero-order chi connectivity index (χ0) is 32.9. The molecule has 17 heteroatoms. The largest absolute Gasteiger partial charge is 0.416 e. The molecule has 3 saturated heterocycles. The standard InChI is InChI=1S/C30H35F3N10O3S/c1-38-11-13-39(14-12-38)27(44)19-41-16-23(15-34-41)35-29-36-28-26(3-2-10-42(28)37-29)40-17-24-8-9-25(18-40)43(24)47(45,46)20-21-4-6-22(7-5-21)30(31,32)33/h2-7,10,15-16,24-25H,8-9,11-14,17-20H2,1H3,(H,35,37). The monoisotopic (exact) mass is 672 g/mol. The molecular formula is C30H35F3N10O3S. The van der Waals surface area contributed by atoms with Crippen molar-refractivity contribution in [3.63, 3.8) is 0 Å². The number of halogens is 3. The van der Waals surface area contributed by atoms with E-state index in [1.807, 2.05) is 24.1 Å². The van der Waals surface area contributed by atoms with Crippen LogP contribution in [0.15, 0.2) is 55.0 Å². The molecule has 2 atom stereocenters. The van der Waals surface area contributed by atoms with Gasteiger partial charge in [-0.3, -0.25) is 9.48 Å². The highest BCUT2D eigenvalue weighted by Crippen LogP contribution is 2.37. The Morgan fingerprint density at radius 2 is 1.72 bits per heavy atom. The van der Waals surface area contributed by atoms with Gasteiger partial charge in [0.25, 0.3) is 0 Å². The fraction of sp³-hybridized carbons (Fsp3) is 0.467. The van der Waals surface area contributed by atoms with Crippen LogP contribution in [0, 0.1) is 0 Å². The molecule has 1 aromatic carbocycles. The van der Waals surface area contributed by atoms with Gasteiger partial charge in [-0.05, 0) is 49.7 Å². The van der Waals surface area contributed by atoms with E-state index >= 15 is 0 Å². The molecule has 4 aromatic rings. The number of rotatable bonds is 8. The van der Waals surface area contributed by atoms with Gasteiger partial charge in [-0.25, -0.2) is 12.9 Å². The molecule has 6 heterocycles. The Labute approximate surface area is 269 Å². The first kappa shape index (κ1) is 31.4. The van der Waals surface area contributed by atoms with Crippen LogP contribution in [-0.4, -0.2) is 111 Å². The number of nitrogens with one attached hydrogen (secondary N) is 1. The molecule has 1 N–H and O–H groups in total. The predicted octanol–water partition coefficient (Wildman–Crippen LogP) is 2.65.